The van der Waals surface area contributed by atoms with E-state index in [2.05, 4.69) is 51.8 Å². The zero-order valence-corrected chi connectivity index (χ0v) is 12.4. The Hall–Kier alpha value is -0.250. The lowest BCUT2D eigenvalue weighted by atomic mass is 9.77. The number of halogens is 1. The Bertz CT molecular complexity index is 368. The lowest BCUT2D eigenvalue weighted by Gasteiger charge is -2.40. The average molecular weight is 341 g/mol. The first kappa shape index (κ1) is 11.8. The predicted octanol–water partition coefficient (Wildman–Crippen LogP) is 4.45. The van der Waals surface area contributed by atoms with Crippen LogP contribution in [-0.4, -0.2) is 13.1 Å². The van der Waals surface area contributed by atoms with Crippen LogP contribution in [-0.2, 0) is 0 Å². The van der Waals surface area contributed by atoms with Gasteiger partial charge < -0.3 is 4.90 Å². The second kappa shape index (κ2) is 4.79. The Morgan fingerprint density at radius 1 is 0.882 bits per heavy atom. The van der Waals surface area contributed by atoms with E-state index in [-0.39, 0.29) is 0 Å². The summed E-state index contributed by atoms with van der Waals surface area (Å²) in [5.41, 5.74) is 2.15. The summed E-state index contributed by atoms with van der Waals surface area (Å²) in [5.74, 6) is 0. The van der Waals surface area contributed by atoms with E-state index < -0.39 is 0 Å². The summed E-state index contributed by atoms with van der Waals surface area (Å²) < 4.78 is 1.33. The van der Waals surface area contributed by atoms with Crippen LogP contribution < -0.4 is 4.90 Å². The molecular weight excluding hydrogens is 321 g/mol. The molecule has 92 valence electrons. The van der Waals surface area contributed by atoms with Crippen LogP contribution in [0.2, 0.25) is 0 Å². The molecule has 1 aromatic carbocycles. The molecule has 0 aromatic heterocycles. The van der Waals surface area contributed by atoms with Gasteiger partial charge in [-0.15, -0.1) is 0 Å². The molecule has 1 spiro atoms. The van der Waals surface area contributed by atoms with Gasteiger partial charge in [0.05, 0.1) is 0 Å². The first-order valence-corrected chi connectivity index (χ1v) is 7.86. The summed E-state index contributed by atoms with van der Waals surface area (Å²) in [6.45, 7) is 2.53. The molecule has 3 rings (SSSR count). The number of hydrogen-bond donors (Lipinski definition) is 0. The van der Waals surface area contributed by atoms with Gasteiger partial charge in [-0.05, 0) is 78.0 Å². The zero-order valence-electron chi connectivity index (χ0n) is 10.3. The standard InChI is InChI=1S/C15H20IN/c16-13-3-5-14(6-4-13)17-11-9-15(10-12-17)7-1-2-8-15/h3-6H,1-2,7-12H2. The van der Waals surface area contributed by atoms with E-state index in [1.807, 2.05) is 0 Å². The van der Waals surface area contributed by atoms with E-state index in [1.165, 1.54) is 60.9 Å². The van der Waals surface area contributed by atoms with Gasteiger partial charge in [0.15, 0.2) is 0 Å². The van der Waals surface area contributed by atoms with E-state index in [4.69, 9.17) is 0 Å². The van der Waals surface area contributed by atoms with Crippen molar-refractivity contribution < 1.29 is 0 Å². The number of nitrogens with zero attached hydrogens (tertiary/aromatic N) is 1. The third kappa shape index (κ3) is 2.47. The molecule has 0 atom stereocenters. The second-order valence-electron chi connectivity index (χ2n) is 5.67. The van der Waals surface area contributed by atoms with Crippen LogP contribution in [0, 0.1) is 8.99 Å². The van der Waals surface area contributed by atoms with Gasteiger partial charge in [0, 0.05) is 22.3 Å². The largest absolute Gasteiger partial charge is 0.371 e. The van der Waals surface area contributed by atoms with Gasteiger partial charge in [-0.3, -0.25) is 0 Å². The summed E-state index contributed by atoms with van der Waals surface area (Å²) in [5, 5.41) is 0. The van der Waals surface area contributed by atoms with Gasteiger partial charge in [0.1, 0.15) is 0 Å². The van der Waals surface area contributed by atoms with E-state index >= 15 is 0 Å². The van der Waals surface area contributed by atoms with Gasteiger partial charge in [-0.2, -0.15) is 0 Å². The van der Waals surface area contributed by atoms with Crippen molar-refractivity contribution in [2.24, 2.45) is 5.41 Å². The Morgan fingerprint density at radius 2 is 1.47 bits per heavy atom. The third-order valence-corrected chi connectivity index (χ3v) is 5.40. The summed E-state index contributed by atoms with van der Waals surface area (Å²) in [6.07, 6.45) is 8.77. The maximum atomic E-state index is 2.57. The Labute approximate surface area is 118 Å². The predicted molar refractivity (Wildman–Crippen MR) is 81.5 cm³/mol. The first-order chi connectivity index (χ1) is 8.27. The lowest BCUT2D eigenvalue weighted by molar-refractivity contribution is 0.226. The van der Waals surface area contributed by atoms with Crippen LogP contribution in [0.25, 0.3) is 0 Å². The second-order valence-corrected chi connectivity index (χ2v) is 6.92. The average Bonchev–Trinajstić information content (AvgIpc) is 2.80. The monoisotopic (exact) mass is 341 g/mol. The van der Waals surface area contributed by atoms with Gasteiger partial charge in [0.2, 0.25) is 0 Å². The molecule has 17 heavy (non-hydrogen) atoms. The molecule has 1 aromatic rings. The Kier molecular flexibility index (Phi) is 3.33. The quantitative estimate of drug-likeness (QED) is 0.682. The molecule has 1 saturated heterocycles. The van der Waals surface area contributed by atoms with Crippen LogP contribution in [0.1, 0.15) is 38.5 Å². The maximum Gasteiger partial charge on any atom is 0.0366 e. The molecule has 1 heterocycles. The lowest BCUT2D eigenvalue weighted by Crippen LogP contribution is -2.38. The van der Waals surface area contributed by atoms with Crippen LogP contribution in [0.5, 0.6) is 0 Å². The van der Waals surface area contributed by atoms with Crippen molar-refractivity contribution in [3.63, 3.8) is 0 Å². The summed E-state index contributed by atoms with van der Waals surface area (Å²) >= 11 is 2.37. The van der Waals surface area contributed by atoms with Crippen molar-refractivity contribution in [1.29, 1.82) is 0 Å². The number of rotatable bonds is 1. The number of anilines is 1. The molecular formula is C15H20IN. The molecule has 2 heteroatoms. The Balaban J connectivity index is 1.66. The maximum absolute atomic E-state index is 2.57. The summed E-state index contributed by atoms with van der Waals surface area (Å²) in [4.78, 5) is 2.57. The molecule has 1 saturated carbocycles. The molecule has 0 bridgehead atoms. The molecule has 0 N–H and O–H groups in total. The van der Waals surface area contributed by atoms with Crippen molar-refractivity contribution in [2.45, 2.75) is 38.5 Å². The molecule has 2 fully saturated rings. The fourth-order valence-corrected chi connectivity index (χ4v) is 3.88. The van der Waals surface area contributed by atoms with Crippen molar-refractivity contribution in [3.05, 3.63) is 27.8 Å². The van der Waals surface area contributed by atoms with Crippen LogP contribution >= 0.6 is 22.6 Å². The highest BCUT2D eigenvalue weighted by molar-refractivity contribution is 14.1. The molecule has 1 nitrogen and oxygen atoms in total. The fraction of sp³-hybridized carbons (Fsp3) is 0.600. The molecule has 1 aliphatic carbocycles. The number of hydrogen-bond acceptors (Lipinski definition) is 1. The van der Waals surface area contributed by atoms with Crippen molar-refractivity contribution in [1.82, 2.24) is 0 Å². The van der Waals surface area contributed by atoms with E-state index in [9.17, 15) is 0 Å². The van der Waals surface area contributed by atoms with E-state index in [0.29, 0.717) is 0 Å². The minimum Gasteiger partial charge on any atom is -0.371 e. The molecule has 0 unspecified atom stereocenters. The van der Waals surface area contributed by atoms with Crippen LogP contribution in [0.15, 0.2) is 24.3 Å². The molecule has 1 aliphatic heterocycles. The third-order valence-electron chi connectivity index (χ3n) is 4.68. The topological polar surface area (TPSA) is 3.24 Å². The van der Waals surface area contributed by atoms with Gasteiger partial charge in [0.25, 0.3) is 0 Å². The van der Waals surface area contributed by atoms with Crippen molar-refractivity contribution in [3.8, 4) is 0 Å². The highest BCUT2D eigenvalue weighted by atomic mass is 127. The molecule has 0 radical (unpaired) electrons. The number of piperidine rings is 1. The minimum atomic E-state index is 0.736. The SMILES string of the molecule is Ic1ccc(N2CCC3(CCCC3)CC2)cc1. The zero-order chi connectivity index (χ0) is 11.7. The van der Waals surface area contributed by atoms with Gasteiger partial charge in [-0.1, -0.05) is 12.8 Å². The summed E-state index contributed by atoms with van der Waals surface area (Å²) in [7, 11) is 0. The van der Waals surface area contributed by atoms with Crippen LogP contribution in [0.3, 0.4) is 0 Å². The fourth-order valence-electron chi connectivity index (χ4n) is 3.52. The number of benzene rings is 1. The van der Waals surface area contributed by atoms with E-state index in [0.717, 1.165) is 5.41 Å². The highest BCUT2D eigenvalue weighted by Gasteiger charge is 2.36. The van der Waals surface area contributed by atoms with Crippen molar-refractivity contribution in [2.75, 3.05) is 18.0 Å². The summed E-state index contributed by atoms with van der Waals surface area (Å²) in [6, 6.07) is 8.98. The first-order valence-electron chi connectivity index (χ1n) is 6.78. The van der Waals surface area contributed by atoms with Gasteiger partial charge in [-0.25, -0.2) is 0 Å². The normalized spacial score (nSPS) is 23.2. The minimum absolute atomic E-state index is 0.736. The van der Waals surface area contributed by atoms with Crippen LogP contribution in [0.4, 0.5) is 5.69 Å². The molecule has 2 aliphatic rings. The molecule has 0 amide bonds. The van der Waals surface area contributed by atoms with E-state index in [1.54, 1.807) is 0 Å². The highest BCUT2D eigenvalue weighted by Crippen LogP contribution is 2.46. The van der Waals surface area contributed by atoms with Crippen molar-refractivity contribution >= 4 is 28.3 Å². The van der Waals surface area contributed by atoms with Gasteiger partial charge >= 0.3 is 0 Å². The smallest absolute Gasteiger partial charge is 0.0366 e. The Morgan fingerprint density at radius 3 is 2.06 bits per heavy atom.